The van der Waals surface area contributed by atoms with E-state index in [0.29, 0.717) is 0 Å². The SMILES string of the molecule is O=S(=O)=NC=CCO. The Kier molecular flexibility index (Phi) is 4.10. The van der Waals surface area contributed by atoms with E-state index in [-0.39, 0.29) is 6.61 Å². The molecule has 0 unspecified atom stereocenters. The summed E-state index contributed by atoms with van der Waals surface area (Å²) < 4.78 is 22.0. The van der Waals surface area contributed by atoms with Crippen LogP contribution in [0.5, 0.6) is 0 Å². The highest BCUT2D eigenvalue weighted by Crippen LogP contribution is 1.69. The molecule has 5 heteroatoms. The average molecular weight is 135 g/mol. The van der Waals surface area contributed by atoms with Crippen molar-refractivity contribution in [3.05, 3.63) is 12.3 Å². The van der Waals surface area contributed by atoms with Gasteiger partial charge in [-0.3, -0.25) is 0 Å². The third-order valence-corrected chi connectivity index (χ3v) is 0.652. The summed E-state index contributed by atoms with van der Waals surface area (Å²) in [4.78, 5) is 0. The van der Waals surface area contributed by atoms with Crippen molar-refractivity contribution in [1.82, 2.24) is 0 Å². The molecule has 0 aliphatic heterocycles. The summed E-state index contributed by atoms with van der Waals surface area (Å²) >= 11 is 0. The summed E-state index contributed by atoms with van der Waals surface area (Å²) in [7, 11) is -2.39. The van der Waals surface area contributed by atoms with Crippen molar-refractivity contribution in [3.8, 4) is 0 Å². The lowest BCUT2D eigenvalue weighted by molar-refractivity contribution is 0.342. The maximum absolute atomic E-state index is 9.57. The Morgan fingerprint density at radius 3 is 2.62 bits per heavy atom. The molecule has 8 heavy (non-hydrogen) atoms. The number of aliphatic hydroxyl groups is 1. The highest BCUT2D eigenvalue weighted by molar-refractivity contribution is 7.61. The molecule has 0 atom stereocenters. The van der Waals surface area contributed by atoms with Gasteiger partial charge in [0.1, 0.15) is 0 Å². The first-order valence-electron chi connectivity index (χ1n) is 1.83. The van der Waals surface area contributed by atoms with Gasteiger partial charge < -0.3 is 5.11 Å². The molecule has 0 fully saturated rings. The molecule has 0 aliphatic carbocycles. The predicted molar refractivity (Wildman–Crippen MR) is 27.6 cm³/mol. The van der Waals surface area contributed by atoms with Crippen LogP contribution in [0.25, 0.3) is 0 Å². The molecule has 4 nitrogen and oxygen atoms in total. The van der Waals surface area contributed by atoms with Crippen LogP contribution in [-0.2, 0) is 10.5 Å². The fourth-order valence-corrected chi connectivity index (χ4v) is 0.325. The smallest absolute Gasteiger partial charge is 0.315 e. The fraction of sp³-hybridized carbons (Fsp3) is 0.333. The Morgan fingerprint density at radius 1 is 1.62 bits per heavy atom. The van der Waals surface area contributed by atoms with Gasteiger partial charge in [0.2, 0.25) is 0 Å². The van der Waals surface area contributed by atoms with E-state index in [0.717, 1.165) is 6.20 Å². The molecule has 0 aromatic heterocycles. The van der Waals surface area contributed by atoms with Crippen molar-refractivity contribution >= 4 is 10.5 Å². The van der Waals surface area contributed by atoms with Crippen LogP contribution >= 0.6 is 0 Å². The molecule has 0 heterocycles. The zero-order chi connectivity index (χ0) is 6.41. The van der Waals surface area contributed by atoms with E-state index in [4.69, 9.17) is 5.11 Å². The number of rotatable bonds is 2. The lowest BCUT2D eigenvalue weighted by Gasteiger charge is -1.67. The Balaban J connectivity index is 3.78. The maximum atomic E-state index is 9.57. The van der Waals surface area contributed by atoms with Gasteiger partial charge in [0.15, 0.2) is 0 Å². The second kappa shape index (κ2) is 4.48. The van der Waals surface area contributed by atoms with Gasteiger partial charge in [-0.25, -0.2) is 0 Å². The Morgan fingerprint density at radius 2 is 2.25 bits per heavy atom. The zero-order valence-corrected chi connectivity index (χ0v) is 4.80. The van der Waals surface area contributed by atoms with Crippen LogP contribution in [0, 0.1) is 0 Å². The monoisotopic (exact) mass is 135 g/mol. The van der Waals surface area contributed by atoms with Crippen molar-refractivity contribution in [2.75, 3.05) is 6.61 Å². The van der Waals surface area contributed by atoms with Crippen molar-refractivity contribution < 1.29 is 13.5 Å². The first-order valence-corrected chi connectivity index (χ1v) is 2.86. The Bertz CT molecular complexity index is 183. The number of nitrogens with zero attached hydrogens (tertiary/aromatic N) is 1. The molecular formula is C3H5NO3S. The second-order valence-electron chi connectivity index (χ2n) is 0.890. The molecule has 46 valence electrons. The third kappa shape index (κ3) is 5.32. The second-order valence-corrected chi connectivity index (χ2v) is 1.53. The molecule has 0 aromatic carbocycles. The van der Waals surface area contributed by atoms with Crippen LogP contribution in [0.3, 0.4) is 0 Å². The molecule has 0 aromatic rings. The standard InChI is InChI=1S/C3H5NO3S/c5-3-1-2-4-8(6)7/h1-2,5H,3H2. The van der Waals surface area contributed by atoms with Gasteiger partial charge in [-0.15, -0.1) is 4.36 Å². The summed E-state index contributed by atoms with van der Waals surface area (Å²) in [6.07, 6.45) is 2.24. The van der Waals surface area contributed by atoms with Crippen molar-refractivity contribution in [2.45, 2.75) is 0 Å². The maximum Gasteiger partial charge on any atom is 0.315 e. The van der Waals surface area contributed by atoms with Crippen molar-refractivity contribution in [3.63, 3.8) is 0 Å². The average Bonchev–Trinajstić information content (AvgIpc) is 1.66. The van der Waals surface area contributed by atoms with E-state index in [1.807, 2.05) is 0 Å². The minimum atomic E-state index is -2.39. The molecule has 0 saturated carbocycles. The predicted octanol–water partition coefficient (Wildman–Crippen LogP) is -0.445. The van der Waals surface area contributed by atoms with Crippen LogP contribution in [0.4, 0.5) is 0 Å². The highest BCUT2D eigenvalue weighted by Gasteiger charge is 1.63. The van der Waals surface area contributed by atoms with E-state index >= 15 is 0 Å². The number of hydrogen-bond donors (Lipinski definition) is 1. The van der Waals surface area contributed by atoms with Crippen LogP contribution in [-0.4, -0.2) is 20.1 Å². The molecule has 0 saturated heterocycles. The lowest BCUT2D eigenvalue weighted by atomic mass is 10.7. The Hall–Kier alpha value is -0.680. The lowest BCUT2D eigenvalue weighted by Crippen LogP contribution is -1.67. The normalized spacial score (nSPS) is 9.62. The van der Waals surface area contributed by atoms with Crippen LogP contribution in [0.15, 0.2) is 16.6 Å². The molecule has 0 spiro atoms. The summed E-state index contributed by atoms with van der Waals surface area (Å²) in [5.41, 5.74) is 0. The van der Waals surface area contributed by atoms with Gasteiger partial charge in [0.05, 0.1) is 6.61 Å². The molecule has 0 radical (unpaired) electrons. The van der Waals surface area contributed by atoms with Crippen molar-refractivity contribution in [2.24, 2.45) is 4.36 Å². The van der Waals surface area contributed by atoms with Crippen molar-refractivity contribution in [1.29, 1.82) is 0 Å². The first-order chi connectivity index (χ1) is 3.77. The minimum absolute atomic E-state index is 0.194. The third-order valence-electron chi connectivity index (χ3n) is 0.358. The van der Waals surface area contributed by atoms with Gasteiger partial charge in [-0.1, -0.05) is 0 Å². The van der Waals surface area contributed by atoms with E-state index in [1.54, 1.807) is 0 Å². The summed E-state index contributed by atoms with van der Waals surface area (Å²) in [6, 6.07) is 0. The molecule has 0 rings (SSSR count). The first kappa shape index (κ1) is 7.32. The molecular weight excluding hydrogens is 130 g/mol. The van der Waals surface area contributed by atoms with Gasteiger partial charge in [0.25, 0.3) is 0 Å². The van der Waals surface area contributed by atoms with Gasteiger partial charge >= 0.3 is 10.5 Å². The summed E-state index contributed by atoms with van der Waals surface area (Å²) in [6.45, 7) is -0.194. The van der Waals surface area contributed by atoms with Gasteiger partial charge in [-0.05, 0) is 6.08 Å². The van der Waals surface area contributed by atoms with Gasteiger partial charge in [-0.2, -0.15) is 8.42 Å². The zero-order valence-electron chi connectivity index (χ0n) is 3.98. The van der Waals surface area contributed by atoms with Crippen LogP contribution < -0.4 is 0 Å². The highest BCUT2D eigenvalue weighted by atomic mass is 32.2. The number of hydrogen-bond acceptors (Lipinski definition) is 4. The largest absolute Gasteiger partial charge is 0.392 e. The molecule has 0 amide bonds. The molecule has 0 bridgehead atoms. The van der Waals surface area contributed by atoms with Crippen LogP contribution in [0.1, 0.15) is 0 Å². The van der Waals surface area contributed by atoms with E-state index in [1.165, 1.54) is 6.08 Å². The summed E-state index contributed by atoms with van der Waals surface area (Å²) in [5, 5.41) is 8.03. The quantitative estimate of drug-likeness (QED) is 0.558. The topological polar surface area (TPSA) is 66.7 Å². The van der Waals surface area contributed by atoms with Crippen LogP contribution in [0.2, 0.25) is 0 Å². The van der Waals surface area contributed by atoms with Gasteiger partial charge in [0, 0.05) is 6.20 Å². The summed E-state index contributed by atoms with van der Waals surface area (Å²) in [5.74, 6) is 0. The Labute approximate surface area is 48.2 Å². The number of aliphatic hydroxyl groups excluding tert-OH is 1. The fourth-order valence-electron chi connectivity index (χ4n) is 0.140. The molecule has 0 aliphatic rings. The molecule has 1 N–H and O–H groups in total. The van der Waals surface area contributed by atoms with E-state index in [2.05, 4.69) is 4.36 Å². The van der Waals surface area contributed by atoms with E-state index < -0.39 is 10.5 Å². The minimum Gasteiger partial charge on any atom is -0.392 e. The van der Waals surface area contributed by atoms with E-state index in [9.17, 15) is 8.42 Å².